The van der Waals surface area contributed by atoms with E-state index < -0.39 is 6.04 Å². The van der Waals surface area contributed by atoms with Crippen LogP contribution in [0.3, 0.4) is 0 Å². The first-order chi connectivity index (χ1) is 10.0. The van der Waals surface area contributed by atoms with Crippen LogP contribution in [0.15, 0.2) is 24.4 Å². The molecule has 0 saturated carbocycles. The number of hydrogen-bond acceptors (Lipinski definition) is 4. The fourth-order valence-corrected chi connectivity index (χ4v) is 2.12. The van der Waals surface area contributed by atoms with Gasteiger partial charge in [0.25, 0.3) is 0 Å². The van der Waals surface area contributed by atoms with Crippen LogP contribution in [0.2, 0.25) is 0 Å². The second-order valence-electron chi connectivity index (χ2n) is 5.13. The third-order valence-corrected chi connectivity index (χ3v) is 3.18. The van der Waals surface area contributed by atoms with Crippen molar-refractivity contribution >= 4 is 24.0 Å². The molecule has 0 aromatic carbocycles. The van der Waals surface area contributed by atoms with Gasteiger partial charge in [-0.1, -0.05) is 13.3 Å². The van der Waals surface area contributed by atoms with Crippen LogP contribution < -0.4 is 11.1 Å². The second kappa shape index (κ2) is 7.91. The number of aryl methyl sites for hydroxylation is 2. The van der Waals surface area contributed by atoms with Crippen molar-refractivity contribution in [1.82, 2.24) is 14.8 Å². The number of carbonyl (C=O) groups excluding carboxylic acids is 1. The molecule has 3 N–H and O–H groups in total. The smallest absolute Gasteiger partial charge is 0.241 e. The molecule has 0 saturated heterocycles. The van der Waals surface area contributed by atoms with Crippen LogP contribution in [0.25, 0.3) is 5.82 Å². The number of aromatic nitrogens is 3. The van der Waals surface area contributed by atoms with Crippen molar-refractivity contribution in [2.75, 3.05) is 5.32 Å². The summed E-state index contributed by atoms with van der Waals surface area (Å²) in [6.45, 7) is 5.91. The lowest BCUT2D eigenvalue weighted by atomic mass is 10.1. The molecule has 2 aromatic rings. The molecule has 22 heavy (non-hydrogen) atoms. The first-order valence-electron chi connectivity index (χ1n) is 7.07. The molecule has 2 aromatic heterocycles. The highest BCUT2D eigenvalue weighted by Crippen LogP contribution is 2.13. The number of nitrogens with two attached hydrogens (primary N) is 1. The van der Waals surface area contributed by atoms with Gasteiger partial charge in [0.2, 0.25) is 5.91 Å². The third-order valence-electron chi connectivity index (χ3n) is 3.18. The summed E-state index contributed by atoms with van der Waals surface area (Å²) in [5, 5.41) is 7.14. The summed E-state index contributed by atoms with van der Waals surface area (Å²) in [4.78, 5) is 16.2. The summed E-state index contributed by atoms with van der Waals surface area (Å²) >= 11 is 0. The Morgan fingerprint density at radius 2 is 2.14 bits per heavy atom. The molecule has 7 heteroatoms. The molecule has 2 rings (SSSR count). The number of amides is 1. The number of nitrogens with zero attached hydrogens (tertiary/aromatic N) is 3. The largest absolute Gasteiger partial charge is 0.323 e. The highest BCUT2D eigenvalue weighted by molar-refractivity contribution is 5.94. The van der Waals surface area contributed by atoms with Crippen molar-refractivity contribution in [3.8, 4) is 5.82 Å². The van der Waals surface area contributed by atoms with Crippen molar-refractivity contribution in [2.24, 2.45) is 5.73 Å². The summed E-state index contributed by atoms with van der Waals surface area (Å²) in [6, 6.07) is 5.13. The minimum Gasteiger partial charge on any atom is -0.323 e. The van der Waals surface area contributed by atoms with E-state index in [1.807, 2.05) is 32.9 Å². The molecule has 1 unspecified atom stereocenters. The van der Waals surface area contributed by atoms with Crippen LogP contribution in [-0.4, -0.2) is 26.7 Å². The van der Waals surface area contributed by atoms with Crippen LogP contribution in [0.4, 0.5) is 5.69 Å². The predicted octanol–water partition coefficient (Wildman–Crippen LogP) is 2.37. The van der Waals surface area contributed by atoms with Gasteiger partial charge in [-0.3, -0.25) is 4.79 Å². The first-order valence-corrected chi connectivity index (χ1v) is 7.07. The Labute approximate surface area is 136 Å². The Kier molecular flexibility index (Phi) is 6.52. The Morgan fingerprint density at radius 1 is 1.41 bits per heavy atom. The lowest BCUT2D eigenvalue weighted by molar-refractivity contribution is -0.117. The topological polar surface area (TPSA) is 85.8 Å². The summed E-state index contributed by atoms with van der Waals surface area (Å²) in [5.41, 5.74) is 8.37. The fraction of sp³-hybridized carbons (Fsp3) is 0.400. The summed E-state index contributed by atoms with van der Waals surface area (Å²) in [6.07, 6.45) is 3.16. The maximum atomic E-state index is 11.8. The van der Waals surface area contributed by atoms with Crippen LogP contribution in [-0.2, 0) is 4.79 Å². The molecule has 0 aliphatic rings. The zero-order valence-electron chi connectivity index (χ0n) is 13.0. The molecular weight excluding hydrogens is 302 g/mol. The van der Waals surface area contributed by atoms with E-state index >= 15 is 0 Å². The van der Waals surface area contributed by atoms with E-state index in [9.17, 15) is 4.79 Å². The molecule has 0 spiro atoms. The molecule has 0 bridgehead atoms. The van der Waals surface area contributed by atoms with Crippen LogP contribution in [0.5, 0.6) is 0 Å². The Balaban J connectivity index is 0.00000242. The zero-order valence-corrected chi connectivity index (χ0v) is 13.9. The number of pyridine rings is 1. The number of carbonyl (C=O) groups is 1. The van der Waals surface area contributed by atoms with Crippen LogP contribution in [0, 0.1) is 13.8 Å². The lowest BCUT2D eigenvalue weighted by Gasteiger charge is -2.11. The van der Waals surface area contributed by atoms with Crippen LogP contribution in [0.1, 0.15) is 31.2 Å². The van der Waals surface area contributed by atoms with Gasteiger partial charge in [-0.25, -0.2) is 9.67 Å². The Hall–Kier alpha value is -1.92. The van der Waals surface area contributed by atoms with Crippen molar-refractivity contribution in [1.29, 1.82) is 0 Å². The number of nitrogens with one attached hydrogen (secondary N) is 1. The fourth-order valence-electron chi connectivity index (χ4n) is 2.12. The van der Waals surface area contributed by atoms with Gasteiger partial charge in [-0.05, 0) is 38.5 Å². The van der Waals surface area contributed by atoms with Gasteiger partial charge in [0.15, 0.2) is 5.82 Å². The normalized spacial score (nSPS) is 11.6. The average Bonchev–Trinajstić information content (AvgIpc) is 2.79. The molecule has 6 nitrogen and oxygen atoms in total. The van der Waals surface area contributed by atoms with Gasteiger partial charge in [0, 0.05) is 5.69 Å². The van der Waals surface area contributed by atoms with Gasteiger partial charge in [0.1, 0.15) is 0 Å². The van der Waals surface area contributed by atoms with E-state index in [1.165, 1.54) is 0 Å². The van der Waals surface area contributed by atoms with Crippen molar-refractivity contribution in [2.45, 2.75) is 39.7 Å². The first kappa shape index (κ1) is 18.1. The summed E-state index contributed by atoms with van der Waals surface area (Å²) in [5.74, 6) is 0.536. The van der Waals surface area contributed by atoms with E-state index in [1.54, 1.807) is 16.9 Å². The Bertz CT molecular complexity index is 623. The van der Waals surface area contributed by atoms with E-state index in [2.05, 4.69) is 15.4 Å². The van der Waals surface area contributed by atoms with E-state index in [4.69, 9.17) is 5.73 Å². The zero-order chi connectivity index (χ0) is 15.4. The van der Waals surface area contributed by atoms with Crippen molar-refractivity contribution in [3.63, 3.8) is 0 Å². The molecule has 0 radical (unpaired) electrons. The number of rotatable bonds is 5. The summed E-state index contributed by atoms with van der Waals surface area (Å²) in [7, 11) is 0. The molecule has 120 valence electrons. The molecular formula is C15H22ClN5O. The standard InChI is InChI=1S/C15H21N5O.ClH/c1-4-5-13(16)15(21)18-12-6-7-14(17-9-12)20-11(3)8-10(2)19-20;/h6-9,13H,4-5,16H2,1-3H3,(H,18,21);1H. The third kappa shape index (κ3) is 4.29. The molecule has 0 aliphatic carbocycles. The van der Waals surface area contributed by atoms with Gasteiger partial charge >= 0.3 is 0 Å². The van der Waals surface area contributed by atoms with Gasteiger partial charge in [-0.2, -0.15) is 5.10 Å². The monoisotopic (exact) mass is 323 g/mol. The average molecular weight is 324 g/mol. The molecule has 0 fully saturated rings. The predicted molar refractivity (Wildman–Crippen MR) is 89.6 cm³/mol. The second-order valence-corrected chi connectivity index (χ2v) is 5.13. The number of halogens is 1. The van der Waals surface area contributed by atoms with Crippen molar-refractivity contribution < 1.29 is 4.79 Å². The van der Waals surface area contributed by atoms with Gasteiger partial charge in [0.05, 0.1) is 23.6 Å². The maximum absolute atomic E-state index is 11.8. The maximum Gasteiger partial charge on any atom is 0.241 e. The quantitative estimate of drug-likeness (QED) is 0.884. The van der Waals surface area contributed by atoms with E-state index in [0.717, 1.165) is 23.6 Å². The minimum atomic E-state index is -0.481. The van der Waals surface area contributed by atoms with Crippen LogP contribution >= 0.6 is 12.4 Å². The molecule has 2 heterocycles. The highest BCUT2D eigenvalue weighted by Gasteiger charge is 2.12. The van der Waals surface area contributed by atoms with Gasteiger partial charge < -0.3 is 11.1 Å². The van der Waals surface area contributed by atoms with E-state index in [0.29, 0.717) is 12.1 Å². The number of anilines is 1. The molecule has 1 atom stereocenters. The number of hydrogen-bond donors (Lipinski definition) is 2. The summed E-state index contributed by atoms with van der Waals surface area (Å²) < 4.78 is 1.77. The Morgan fingerprint density at radius 3 is 2.64 bits per heavy atom. The minimum absolute atomic E-state index is 0. The molecule has 0 aliphatic heterocycles. The van der Waals surface area contributed by atoms with E-state index in [-0.39, 0.29) is 18.3 Å². The van der Waals surface area contributed by atoms with Crippen molar-refractivity contribution in [3.05, 3.63) is 35.8 Å². The molecule has 1 amide bonds. The highest BCUT2D eigenvalue weighted by atomic mass is 35.5. The lowest BCUT2D eigenvalue weighted by Crippen LogP contribution is -2.35. The SMILES string of the molecule is CCCC(N)C(=O)Nc1ccc(-n2nc(C)cc2C)nc1.Cl. The van der Waals surface area contributed by atoms with Gasteiger partial charge in [-0.15, -0.1) is 12.4 Å².